The molecular formula is C12H10IN3O2S2. The molecule has 0 spiro atoms. The van der Waals surface area contributed by atoms with Gasteiger partial charge in [-0.3, -0.25) is 9.71 Å². The lowest BCUT2D eigenvalue weighted by molar-refractivity contribution is 0.601. The summed E-state index contributed by atoms with van der Waals surface area (Å²) in [6.45, 7) is 0. The molecule has 0 radical (unpaired) electrons. The van der Waals surface area contributed by atoms with Crippen molar-refractivity contribution in [1.82, 2.24) is 4.98 Å². The zero-order valence-corrected chi connectivity index (χ0v) is 13.9. The molecule has 0 saturated carbocycles. The van der Waals surface area contributed by atoms with Gasteiger partial charge in [-0.15, -0.1) is 0 Å². The fraction of sp³-hybridized carbons (Fsp3) is 0. The van der Waals surface area contributed by atoms with Gasteiger partial charge in [0.1, 0.15) is 9.88 Å². The van der Waals surface area contributed by atoms with Crippen molar-refractivity contribution < 1.29 is 8.42 Å². The number of para-hydroxylation sites is 1. The van der Waals surface area contributed by atoms with Crippen molar-refractivity contribution in [2.24, 2.45) is 5.73 Å². The summed E-state index contributed by atoms with van der Waals surface area (Å²) in [6, 6.07) is 9.99. The van der Waals surface area contributed by atoms with Crippen LogP contribution in [0.25, 0.3) is 0 Å². The van der Waals surface area contributed by atoms with E-state index < -0.39 is 10.0 Å². The standard InChI is InChI=1S/C12H10IN3O2S2/c13-9-3-1-2-4-10(9)16-20(17,18)8-5-6-11(12(14)19)15-7-8/h1-7,16H,(H2,14,19). The van der Waals surface area contributed by atoms with Crippen molar-refractivity contribution in [3.05, 3.63) is 51.9 Å². The van der Waals surface area contributed by atoms with Crippen LogP contribution in [0.4, 0.5) is 5.69 Å². The van der Waals surface area contributed by atoms with Gasteiger partial charge < -0.3 is 5.73 Å². The minimum absolute atomic E-state index is 0.0529. The summed E-state index contributed by atoms with van der Waals surface area (Å²) < 4.78 is 27.8. The molecule has 1 aromatic heterocycles. The third kappa shape index (κ3) is 3.44. The van der Waals surface area contributed by atoms with Gasteiger partial charge in [0.15, 0.2) is 0 Å². The molecule has 0 bridgehead atoms. The summed E-state index contributed by atoms with van der Waals surface area (Å²) in [6.07, 6.45) is 1.23. The Bertz CT molecular complexity index is 746. The molecule has 0 aliphatic rings. The first kappa shape index (κ1) is 15.1. The van der Waals surface area contributed by atoms with Gasteiger partial charge >= 0.3 is 0 Å². The maximum atomic E-state index is 12.2. The number of anilines is 1. The summed E-state index contributed by atoms with van der Waals surface area (Å²) in [7, 11) is -3.68. The fourth-order valence-corrected chi connectivity index (χ4v) is 3.28. The van der Waals surface area contributed by atoms with Gasteiger partial charge in [-0.05, 0) is 46.9 Å². The van der Waals surface area contributed by atoms with Crippen LogP contribution >= 0.6 is 34.8 Å². The summed E-state index contributed by atoms with van der Waals surface area (Å²) in [5.74, 6) is 0. The molecule has 0 atom stereocenters. The highest BCUT2D eigenvalue weighted by Gasteiger charge is 2.16. The largest absolute Gasteiger partial charge is 0.388 e. The van der Waals surface area contributed by atoms with Crippen LogP contribution < -0.4 is 10.5 Å². The van der Waals surface area contributed by atoms with E-state index in [-0.39, 0.29) is 9.88 Å². The average Bonchev–Trinajstić information content (AvgIpc) is 2.41. The molecule has 2 aromatic rings. The number of pyridine rings is 1. The van der Waals surface area contributed by atoms with Crippen molar-refractivity contribution >= 4 is 55.5 Å². The Hall–Kier alpha value is -1.26. The third-order valence-electron chi connectivity index (χ3n) is 2.42. The number of hydrogen-bond donors (Lipinski definition) is 2. The number of rotatable bonds is 4. The fourth-order valence-electron chi connectivity index (χ4n) is 1.43. The first-order valence-corrected chi connectivity index (χ1v) is 8.40. The summed E-state index contributed by atoms with van der Waals surface area (Å²) >= 11 is 6.83. The van der Waals surface area contributed by atoms with Crippen LogP contribution in [0.15, 0.2) is 47.5 Å². The molecule has 0 saturated heterocycles. The Morgan fingerprint density at radius 2 is 1.95 bits per heavy atom. The molecule has 8 heteroatoms. The van der Waals surface area contributed by atoms with E-state index in [9.17, 15) is 8.42 Å². The van der Waals surface area contributed by atoms with Crippen LogP contribution in [0.2, 0.25) is 0 Å². The number of nitrogens with two attached hydrogens (primary N) is 1. The molecule has 2 rings (SSSR count). The zero-order valence-electron chi connectivity index (χ0n) is 10.1. The first-order valence-electron chi connectivity index (χ1n) is 5.43. The number of sulfonamides is 1. The second kappa shape index (κ2) is 6.02. The molecule has 0 aliphatic carbocycles. The van der Waals surface area contributed by atoms with Crippen molar-refractivity contribution in [2.45, 2.75) is 4.90 Å². The Morgan fingerprint density at radius 1 is 1.25 bits per heavy atom. The number of aromatic nitrogens is 1. The Kier molecular flexibility index (Phi) is 4.55. The molecule has 1 aromatic carbocycles. The minimum atomic E-state index is -3.68. The number of halogens is 1. The molecule has 0 amide bonds. The molecular weight excluding hydrogens is 409 g/mol. The average molecular weight is 419 g/mol. The van der Waals surface area contributed by atoms with Crippen molar-refractivity contribution in [3.8, 4) is 0 Å². The van der Waals surface area contributed by atoms with Gasteiger partial charge in [0.05, 0.1) is 11.4 Å². The molecule has 0 aliphatic heterocycles. The van der Waals surface area contributed by atoms with Gasteiger partial charge in [-0.2, -0.15) is 0 Å². The van der Waals surface area contributed by atoms with Crippen molar-refractivity contribution in [1.29, 1.82) is 0 Å². The highest BCUT2D eigenvalue weighted by atomic mass is 127. The minimum Gasteiger partial charge on any atom is -0.388 e. The highest BCUT2D eigenvalue weighted by molar-refractivity contribution is 14.1. The van der Waals surface area contributed by atoms with E-state index in [1.807, 2.05) is 12.1 Å². The predicted octanol–water partition coefficient (Wildman–Crippen LogP) is 2.12. The van der Waals surface area contributed by atoms with E-state index in [2.05, 4.69) is 32.3 Å². The molecule has 20 heavy (non-hydrogen) atoms. The van der Waals surface area contributed by atoms with Crippen LogP contribution in [0.5, 0.6) is 0 Å². The van der Waals surface area contributed by atoms with Crippen LogP contribution in [0, 0.1) is 3.57 Å². The maximum absolute atomic E-state index is 12.2. The molecule has 0 unspecified atom stereocenters. The summed E-state index contributed by atoms with van der Waals surface area (Å²) in [5.41, 5.74) is 6.32. The van der Waals surface area contributed by atoms with Gasteiger partial charge in [0, 0.05) is 9.77 Å². The molecule has 5 nitrogen and oxygen atoms in total. The van der Waals surface area contributed by atoms with Gasteiger partial charge in [-0.1, -0.05) is 24.4 Å². The Balaban J connectivity index is 2.31. The van der Waals surface area contributed by atoms with Gasteiger partial charge in [0.25, 0.3) is 10.0 Å². The van der Waals surface area contributed by atoms with Crippen LogP contribution in [0.1, 0.15) is 5.69 Å². The molecule has 104 valence electrons. The number of benzene rings is 1. The molecule has 0 fully saturated rings. The Labute approximate surface area is 135 Å². The van der Waals surface area contributed by atoms with E-state index in [1.165, 1.54) is 18.3 Å². The van der Waals surface area contributed by atoms with Crippen LogP contribution in [0.3, 0.4) is 0 Å². The van der Waals surface area contributed by atoms with E-state index in [1.54, 1.807) is 12.1 Å². The second-order valence-corrected chi connectivity index (χ2v) is 7.11. The van der Waals surface area contributed by atoms with E-state index in [4.69, 9.17) is 18.0 Å². The number of thiocarbonyl (C=S) groups is 1. The predicted molar refractivity (Wildman–Crippen MR) is 90.1 cm³/mol. The number of nitrogens with one attached hydrogen (secondary N) is 1. The van der Waals surface area contributed by atoms with Crippen molar-refractivity contribution in [3.63, 3.8) is 0 Å². The number of nitrogens with zero attached hydrogens (tertiary/aromatic N) is 1. The van der Waals surface area contributed by atoms with E-state index in [0.717, 1.165) is 3.57 Å². The highest BCUT2D eigenvalue weighted by Crippen LogP contribution is 2.21. The summed E-state index contributed by atoms with van der Waals surface area (Å²) in [5, 5.41) is 0. The van der Waals surface area contributed by atoms with Gasteiger partial charge in [0.2, 0.25) is 0 Å². The van der Waals surface area contributed by atoms with Crippen LogP contribution in [-0.4, -0.2) is 18.4 Å². The quantitative estimate of drug-likeness (QED) is 0.586. The molecule has 1 heterocycles. The zero-order chi connectivity index (χ0) is 14.8. The lowest BCUT2D eigenvalue weighted by Crippen LogP contribution is -2.16. The van der Waals surface area contributed by atoms with E-state index >= 15 is 0 Å². The lowest BCUT2D eigenvalue weighted by atomic mass is 10.3. The molecule has 3 N–H and O–H groups in total. The van der Waals surface area contributed by atoms with Crippen molar-refractivity contribution in [2.75, 3.05) is 4.72 Å². The summed E-state index contributed by atoms with van der Waals surface area (Å²) in [4.78, 5) is 4.10. The van der Waals surface area contributed by atoms with E-state index in [0.29, 0.717) is 11.4 Å². The van der Waals surface area contributed by atoms with Crippen LogP contribution in [-0.2, 0) is 10.0 Å². The lowest BCUT2D eigenvalue weighted by Gasteiger charge is -2.09. The van der Waals surface area contributed by atoms with Gasteiger partial charge in [-0.25, -0.2) is 8.42 Å². The first-order chi connectivity index (χ1) is 9.40. The Morgan fingerprint density at radius 3 is 2.50 bits per heavy atom. The SMILES string of the molecule is NC(=S)c1ccc(S(=O)(=O)Nc2ccccc2I)cn1. The maximum Gasteiger partial charge on any atom is 0.263 e. The number of hydrogen-bond acceptors (Lipinski definition) is 4. The third-order valence-corrected chi connectivity index (χ3v) is 4.92. The topological polar surface area (TPSA) is 85.1 Å². The second-order valence-electron chi connectivity index (χ2n) is 3.83. The normalized spacial score (nSPS) is 11.1. The monoisotopic (exact) mass is 419 g/mol. The smallest absolute Gasteiger partial charge is 0.263 e.